The first-order chi connectivity index (χ1) is 13.8. The first-order valence-corrected chi connectivity index (χ1v) is 11.2. The first-order valence-electron chi connectivity index (χ1n) is 10.0. The molecular weight excluding hydrogens is 370 g/mol. The average molecular weight is 398 g/mol. The van der Waals surface area contributed by atoms with Gasteiger partial charge in [0.05, 0.1) is 5.69 Å². The van der Waals surface area contributed by atoms with Crippen LogP contribution < -0.4 is 4.74 Å². The normalized spacial score (nSPS) is 18.8. The Kier molecular flexibility index (Phi) is 6.49. The van der Waals surface area contributed by atoms with Crippen LogP contribution in [-0.2, 0) is 6.54 Å². The predicted molar refractivity (Wildman–Crippen MR) is 113 cm³/mol. The van der Waals surface area contributed by atoms with Gasteiger partial charge < -0.3 is 9.64 Å². The Morgan fingerprint density at radius 1 is 1.04 bits per heavy atom. The van der Waals surface area contributed by atoms with Gasteiger partial charge in [0.15, 0.2) is 0 Å². The van der Waals surface area contributed by atoms with Crippen molar-refractivity contribution in [2.24, 2.45) is 0 Å². The van der Waals surface area contributed by atoms with Gasteiger partial charge in [-0.25, -0.2) is 0 Å². The topological polar surface area (TPSA) is 45.7 Å². The summed E-state index contributed by atoms with van der Waals surface area (Å²) in [7, 11) is 0. The van der Waals surface area contributed by atoms with E-state index >= 15 is 0 Å². The van der Waals surface area contributed by atoms with Gasteiger partial charge in [-0.2, -0.15) is 11.8 Å². The van der Waals surface area contributed by atoms with Crippen LogP contribution in [0.3, 0.4) is 0 Å². The van der Waals surface area contributed by atoms with Crippen molar-refractivity contribution in [1.29, 1.82) is 0 Å². The van der Waals surface area contributed by atoms with Crippen molar-refractivity contribution >= 4 is 17.7 Å². The molecule has 6 heteroatoms. The number of thioether (sulfide) groups is 1. The number of rotatable bonds is 5. The number of carbonyl (C=O) groups is 1. The molecule has 1 aromatic carbocycles. The molecule has 0 radical (unpaired) electrons. The zero-order valence-corrected chi connectivity index (χ0v) is 16.9. The Bertz CT molecular complexity index is 755. The van der Waals surface area contributed by atoms with Crippen molar-refractivity contribution in [3.63, 3.8) is 0 Å². The Morgan fingerprint density at radius 3 is 2.46 bits per heavy atom. The zero-order chi connectivity index (χ0) is 19.2. The first kappa shape index (κ1) is 19.3. The van der Waals surface area contributed by atoms with Crippen LogP contribution >= 0.6 is 11.8 Å². The highest BCUT2D eigenvalue weighted by Gasteiger charge is 2.22. The van der Waals surface area contributed by atoms with Crippen LogP contribution in [0, 0.1) is 0 Å². The van der Waals surface area contributed by atoms with Crippen molar-refractivity contribution in [2.75, 3.05) is 37.7 Å². The Hall–Kier alpha value is -2.05. The lowest BCUT2D eigenvalue weighted by Gasteiger charge is -2.32. The molecule has 0 N–H and O–H groups in total. The van der Waals surface area contributed by atoms with Gasteiger partial charge in [0.2, 0.25) is 0 Å². The molecule has 1 aromatic heterocycles. The molecule has 2 aliphatic heterocycles. The van der Waals surface area contributed by atoms with E-state index in [2.05, 4.69) is 16.0 Å². The molecule has 0 spiro atoms. The Morgan fingerprint density at radius 2 is 1.79 bits per heavy atom. The number of ether oxygens (including phenoxy) is 1. The number of amides is 1. The van der Waals surface area contributed by atoms with Gasteiger partial charge in [0, 0.05) is 56.0 Å². The number of hydrogen-bond acceptors (Lipinski definition) is 5. The summed E-state index contributed by atoms with van der Waals surface area (Å²) in [5.41, 5.74) is 1.87. The van der Waals surface area contributed by atoms with Crippen LogP contribution in [0.2, 0.25) is 0 Å². The quantitative estimate of drug-likeness (QED) is 0.775. The lowest BCUT2D eigenvalue weighted by atomic mass is 10.1. The number of hydrogen-bond donors (Lipinski definition) is 0. The third kappa shape index (κ3) is 5.06. The maximum Gasteiger partial charge on any atom is 0.253 e. The van der Waals surface area contributed by atoms with Crippen LogP contribution in [0.25, 0.3) is 0 Å². The molecule has 3 heterocycles. The molecule has 28 heavy (non-hydrogen) atoms. The second kappa shape index (κ2) is 9.43. The van der Waals surface area contributed by atoms with Gasteiger partial charge in [0.1, 0.15) is 11.9 Å². The van der Waals surface area contributed by atoms with Gasteiger partial charge >= 0.3 is 0 Å². The summed E-state index contributed by atoms with van der Waals surface area (Å²) in [6.45, 7) is 4.63. The summed E-state index contributed by atoms with van der Waals surface area (Å²) < 4.78 is 6.16. The highest BCUT2D eigenvalue weighted by Crippen LogP contribution is 2.21. The summed E-state index contributed by atoms with van der Waals surface area (Å²) in [6, 6.07) is 13.7. The van der Waals surface area contributed by atoms with Crippen molar-refractivity contribution in [3.8, 4) is 5.75 Å². The molecule has 4 rings (SSSR count). The SMILES string of the molecule is O=C(c1ccc(OC2CCN(Cc3ccccn3)CC2)cc1)N1CCSCC1. The van der Waals surface area contributed by atoms with Crippen molar-refractivity contribution in [3.05, 3.63) is 59.9 Å². The molecule has 2 aliphatic rings. The van der Waals surface area contributed by atoms with E-state index in [0.717, 1.165) is 74.1 Å². The largest absolute Gasteiger partial charge is 0.490 e. The monoisotopic (exact) mass is 397 g/mol. The standard InChI is InChI=1S/C22H27N3O2S/c26-22(25-13-15-28-16-14-25)18-4-6-20(7-5-18)27-21-8-11-24(12-9-21)17-19-3-1-2-10-23-19/h1-7,10,21H,8-9,11-17H2. The third-order valence-corrected chi connectivity index (χ3v) is 6.29. The lowest BCUT2D eigenvalue weighted by molar-refractivity contribution is 0.0772. The average Bonchev–Trinajstić information content (AvgIpc) is 2.76. The molecule has 0 saturated carbocycles. The number of benzene rings is 1. The molecule has 0 aliphatic carbocycles. The summed E-state index contributed by atoms with van der Waals surface area (Å²) in [4.78, 5) is 21.3. The maximum atomic E-state index is 12.6. The summed E-state index contributed by atoms with van der Waals surface area (Å²) in [5, 5.41) is 0. The van der Waals surface area contributed by atoms with Crippen LogP contribution in [0.4, 0.5) is 0 Å². The Labute approximate surface area is 171 Å². The predicted octanol–water partition coefficient (Wildman–Crippen LogP) is 3.31. The summed E-state index contributed by atoms with van der Waals surface area (Å²) in [5.74, 6) is 3.06. The molecule has 0 bridgehead atoms. The molecular formula is C22H27N3O2S. The van der Waals surface area contributed by atoms with Gasteiger partial charge in [-0.15, -0.1) is 0 Å². The second-order valence-corrected chi connectivity index (χ2v) is 8.57. The van der Waals surface area contributed by atoms with Gasteiger partial charge in [-0.1, -0.05) is 6.07 Å². The van der Waals surface area contributed by atoms with E-state index in [4.69, 9.17) is 4.74 Å². The van der Waals surface area contributed by atoms with E-state index in [0.29, 0.717) is 0 Å². The van der Waals surface area contributed by atoms with E-state index in [1.807, 2.05) is 59.3 Å². The minimum absolute atomic E-state index is 0.134. The molecule has 0 unspecified atom stereocenters. The van der Waals surface area contributed by atoms with Crippen molar-refractivity contribution in [1.82, 2.24) is 14.8 Å². The van der Waals surface area contributed by atoms with E-state index in [9.17, 15) is 4.79 Å². The molecule has 1 amide bonds. The molecule has 5 nitrogen and oxygen atoms in total. The number of nitrogens with zero attached hydrogens (tertiary/aromatic N) is 3. The van der Waals surface area contributed by atoms with Crippen molar-refractivity contribution < 1.29 is 9.53 Å². The highest BCUT2D eigenvalue weighted by atomic mass is 32.2. The third-order valence-electron chi connectivity index (χ3n) is 5.35. The molecule has 148 valence electrons. The van der Waals surface area contributed by atoms with Gasteiger partial charge in [-0.3, -0.25) is 14.7 Å². The van der Waals surface area contributed by atoms with Crippen LogP contribution in [-0.4, -0.2) is 64.5 Å². The van der Waals surface area contributed by atoms with E-state index < -0.39 is 0 Å². The molecule has 2 aromatic rings. The van der Waals surface area contributed by atoms with Crippen LogP contribution in [0.5, 0.6) is 5.75 Å². The van der Waals surface area contributed by atoms with E-state index in [1.165, 1.54) is 0 Å². The lowest BCUT2D eigenvalue weighted by Crippen LogP contribution is -2.38. The molecule has 2 saturated heterocycles. The fourth-order valence-corrected chi connectivity index (χ4v) is 4.63. The smallest absolute Gasteiger partial charge is 0.253 e. The number of pyridine rings is 1. The minimum atomic E-state index is 0.134. The number of aromatic nitrogens is 1. The number of piperidine rings is 1. The molecule has 0 atom stereocenters. The summed E-state index contributed by atoms with van der Waals surface area (Å²) in [6.07, 6.45) is 4.11. The van der Waals surface area contributed by atoms with Crippen LogP contribution in [0.1, 0.15) is 28.9 Å². The van der Waals surface area contributed by atoms with E-state index in [1.54, 1.807) is 0 Å². The maximum absolute atomic E-state index is 12.6. The molecule has 2 fully saturated rings. The zero-order valence-electron chi connectivity index (χ0n) is 16.1. The van der Waals surface area contributed by atoms with E-state index in [-0.39, 0.29) is 12.0 Å². The Balaban J connectivity index is 1.25. The highest BCUT2D eigenvalue weighted by molar-refractivity contribution is 7.99. The fraction of sp³-hybridized carbons (Fsp3) is 0.455. The number of carbonyl (C=O) groups excluding carboxylic acids is 1. The van der Waals surface area contributed by atoms with Crippen LogP contribution in [0.15, 0.2) is 48.7 Å². The van der Waals surface area contributed by atoms with Crippen molar-refractivity contribution in [2.45, 2.75) is 25.5 Å². The van der Waals surface area contributed by atoms with Gasteiger partial charge in [0.25, 0.3) is 5.91 Å². The summed E-state index contributed by atoms with van der Waals surface area (Å²) >= 11 is 1.91. The fourth-order valence-electron chi connectivity index (χ4n) is 3.72. The van der Waals surface area contributed by atoms with Gasteiger partial charge in [-0.05, 0) is 49.2 Å². The minimum Gasteiger partial charge on any atom is -0.490 e. The second-order valence-electron chi connectivity index (χ2n) is 7.34. The number of likely N-dealkylation sites (tertiary alicyclic amines) is 1.